The molecule has 0 aliphatic carbocycles. The van der Waals surface area contributed by atoms with Gasteiger partial charge in [-0.05, 0) is 37.8 Å². The van der Waals surface area contributed by atoms with Gasteiger partial charge in [-0.2, -0.15) is 5.10 Å². The Balaban J connectivity index is 1.49. The van der Waals surface area contributed by atoms with Crippen LogP contribution >= 0.6 is 22.7 Å². The predicted octanol–water partition coefficient (Wildman–Crippen LogP) is 3.77. The van der Waals surface area contributed by atoms with Gasteiger partial charge in [0.05, 0.1) is 16.6 Å². The van der Waals surface area contributed by atoms with Crippen LogP contribution < -0.4 is 0 Å². The number of hydrogen-bond acceptors (Lipinski definition) is 5. The van der Waals surface area contributed by atoms with Gasteiger partial charge in [-0.1, -0.05) is 6.07 Å². The molecular formula is C17H18N4OS2. The minimum absolute atomic E-state index is 0.0260. The van der Waals surface area contributed by atoms with Crippen LogP contribution in [0.4, 0.5) is 0 Å². The SMILES string of the molecule is Cc1cc(C)n([C@H]2CCN(C(=O)c3csc(-c4cccs4)n3)C2)n1. The van der Waals surface area contributed by atoms with Crippen molar-refractivity contribution >= 4 is 28.6 Å². The number of carbonyl (C=O) groups excluding carboxylic acids is 1. The second-order valence-corrected chi connectivity index (χ2v) is 7.89. The summed E-state index contributed by atoms with van der Waals surface area (Å²) in [5.41, 5.74) is 2.73. The summed E-state index contributed by atoms with van der Waals surface area (Å²) in [7, 11) is 0. The molecule has 1 atom stereocenters. The molecule has 3 aromatic rings. The largest absolute Gasteiger partial charge is 0.335 e. The summed E-state index contributed by atoms with van der Waals surface area (Å²) in [4.78, 5) is 20.3. The van der Waals surface area contributed by atoms with Gasteiger partial charge in [0.25, 0.3) is 5.91 Å². The summed E-state index contributed by atoms with van der Waals surface area (Å²) < 4.78 is 2.06. The monoisotopic (exact) mass is 358 g/mol. The highest BCUT2D eigenvalue weighted by molar-refractivity contribution is 7.20. The van der Waals surface area contributed by atoms with E-state index in [1.54, 1.807) is 11.3 Å². The van der Waals surface area contributed by atoms with Crippen molar-refractivity contribution in [1.82, 2.24) is 19.7 Å². The molecule has 0 aromatic carbocycles. The van der Waals surface area contributed by atoms with E-state index in [4.69, 9.17) is 0 Å². The van der Waals surface area contributed by atoms with Crippen LogP contribution in [0.1, 0.15) is 34.3 Å². The third-order valence-corrected chi connectivity index (χ3v) is 6.18. The minimum Gasteiger partial charge on any atom is -0.335 e. The standard InChI is InChI=1S/C17H18N4OS2/c1-11-8-12(2)21(19-11)13-5-6-20(9-13)17(22)14-10-24-16(18-14)15-4-3-7-23-15/h3-4,7-8,10,13H,5-6,9H2,1-2H3/t13-/m0/s1. The normalized spacial score (nSPS) is 17.6. The molecule has 0 bridgehead atoms. The molecule has 4 rings (SSSR count). The number of rotatable bonds is 3. The Morgan fingerprint density at radius 3 is 2.92 bits per heavy atom. The number of thiophene rings is 1. The van der Waals surface area contributed by atoms with Crippen molar-refractivity contribution in [3.63, 3.8) is 0 Å². The van der Waals surface area contributed by atoms with Crippen LogP contribution in [0, 0.1) is 13.8 Å². The van der Waals surface area contributed by atoms with E-state index < -0.39 is 0 Å². The van der Waals surface area contributed by atoms with Crippen LogP contribution in [0.5, 0.6) is 0 Å². The highest BCUT2D eigenvalue weighted by atomic mass is 32.1. The van der Waals surface area contributed by atoms with Gasteiger partial charge in [0.1, 0.15) is 10.7 Å². The molecule has 0 radical (unpaired) electrons. The zero-order chi connectivity index (χ0) is 16.7. The second kappa shape index (κ2) is 6.14. The summed E-state index contributed by atoms with van der Waals surface area (Å²) in [5, 5.41) is 9.38. The predicted molar refractivity (Wildman–Crippen MR) is 96.7 cm³/mol. The fourth-order valence-corrected chi connectivity index (χ4v) is 4.80. The summed E-state index contributed by atoms with van der Waals surface area (Å²) in [6.07, 6.45) is 0.940. The van der Waals surface area contributed by atoms with E-state index in [1.807, 2.05) is 34.7 Å². The summed E-state index contributed by atoms with van der Waals surface area (Å²) in [6.45, 7) is 5.53. The molecule has 1 aliphatic heterocycles. The number of aryl methyl sites for hydroxylation is 2. The second-order valence-electron chi connectivity index (χ2n) is 6.08. The first-order valence-corrected chi connectivity index (χ1v) is 9.69. The van der Waals surface area contributed by atoms with Crippen LogP contribution in [-0.4, -0.2) is 38.7 Å². The maximum absolute atomic E-state index is 12.7. The Bertz CT molecular complexity index is 865. The molecule has 3 aromatic heterocycles. The molecular weight excluding hydrogens is 340 g/mol. The molecule has 0 spiro atoms. The van der Waals surface area contributed by atoms with Crippen molar-refractivity contribution < 1.29 is 4.79 Å². The van der Waals surface area contributed by atoms with Gasteiger partial charge >= 0.3 is 0 Å². The Morgan fingerprint density at radius 2 is 2.21 bits per heavy atom. The van der Waals surface area contributed by atoms with Crippen molar-refractivity contribution in [2.45, 2.75) is 26.3 Å². The molecule has 1 aliphatic rings. The zero-order valence-electron chi connectivity index (χ0n) is 13.6. The zero-order valence-corrected chi connectivity index (χ0v) is 15.2. The lowest BCUT2D eigenvalue weighted by atomic mass is 10.2. The molecule has 5 nitrogen and oxygen atoms in total. The van der Waals surface area contributed by atoms with Gasteiger partial charge in [0.2, 0.25) is 0 Å². The number of amides is 1. The average Bonchev–Trinajstić information content (AvgIpc) is 3.34. The number of thiazole rings is 1. The van der Waals surface area contributed by atoms with Gasteiger partial charge in [0.15, 0.2) is 0 Å². The van der Waals surface area contributed by atoms with Crippen molar-refractivity contribution in [1.29, 1.82) is 0 Å². The number of carbonyl (C=O) groups is 1. The highest BCUT2D eigenvalue weighted by Gasteiger charge is 2.30. The quantitative estimate of drug-likeness (QED) is 0.716. The molecule has 1 saturated heterocycles. The van der Waals surface area contributed by atoms with Crippen LogP contribution in [0.2, 0.25) is 0 Å². The first-order valence-electron chi connectivity index (χ1n) is 7.93. The van der Waals surface area contributed by atoms with Gasteiger partial charge < -0.3 is 4.90 Å². The van der Waals surface area contributed by atoms with Crippen molar-refractivity contribution in [3.05, 3.63) is 46.0 Å². The Labute approximate surface area is 148 Å². The number of likely N-dealkylation sites (tertiary alicyclic amines) is 1. The van der Waals surface area contributed by atoms with Crippen LogP contribution in [0.15, 0.2) is 29.0 Å². The minimum atomic E-state index is 0.0260. The lowest BCUT2D eigenvalue weighted by molar-refractivity contribution is 0.0782. The van der Waals surface area contributed by atoms with E-state index in [0.29, 0.717) is 12.2 Å². The smallest absolute Gasteiger partial charge is 0.273 e. The average molecular weight is 358 g/mol. The lowest BCUT2D eigenvalue weighted by Crippen LogP contribution is -2.29. The fourth-order valence-electron chi connectivity index (χ4n) is 3.19. The van der Waals surface area contributed by atoms with E-state index >= 15 is 0 Å². The summed E-state index contributed by atoms with van der Waals surface area (Å²) in [5.74, 6) is 0.0260. The van der Waals surface area contributed by atoms with E-state index in [9.17, 15) is 4.79 Å². The third-order valence-electron chi connectivity index (χ3n) is 4.30. The number of aromatic nitrogens is 3. The summed E-state index contributed by atoms with van der Waals surface area (Å²) >= 11 is 3.18. The van der Waals surface area contributed by atoms with Gasteiger partial charge in [-0.25, -0.2) is 4.98 Å². The number of hydrogen-bond donors (Lipinski definition) is 0. The fraction of sp³-hybridized carbons (Fsp3) is 0.353. The molecule has 1 fully saturated rings. The molecule has 7 heteroatoms. The molecule has 0 saturated carbocycles. The van der Waals surface area contributed by atoms with Crippen LogP contribution in [-0.2, 0) is 0 Å². The molecule has 24 heavy (non-hydrogen) atoms. The first-order chi connectivity index (χ1) is 11.6. The molecule has 124 valence electrons. The molecule has 4 heterocycles. The van der Waals surface area contributed by atoms with E-state index in [-0.39, 0.29) is 11.9 Å². The van der Waals surface area contributed by atoms with Crippen molar-refractivity contribution in [3.8, 4) is 9.88 Å². The van der Waals surface area contributed by atoms with Gasteiger partial charge in [0, 0.05) is 24.2 Å². The topological polar surface area (TPSA) is 51.0 Å². The summed E-state index contributed by atoms with van der Waals surface area (Å²) in [6, 6.07) is 6.38. The Hall–Kier alpha value is -1.99. The Kier molecular flexibility index (Phi) is 3.97. The van der Waals surface area contributed by atoms with Gasteiger partial charge in [-0.3, -0.25) is 9.48 Å². The molecule has 1 amide bonds. The van der Waals surface area contributed by atoms with Crippen molar-refractivity contribution in [2.75, 3.05) is 13.1 Å². The van der Waals surface area contributed by atoms with Crippen LogP contribution in [0.3, 0.4) is 0 Å². The van der Waals surface area contributed by atoms with Gasteiger partial charge in [-0.15, -0.1) is 22.7 Å². The van der Waals surface area contributed by atoms with Crippen LogP contribution in [0.25, 0.3) is 9.88 Å². The Morgan fingerprint density at radius 1 is 1.33 bits per heavy atom. The van der Waals surface area contributed by atoms with E-state index in [2.05, 4.69) is 27.8 Å². The maximum Gasteiger partial charge on any atom is 0.273 e. The van der Waals surface area contributed by atoms with Crippen molar-refractivity contribution in [2.24, 2.45) is 0 Å². The molecule has 0 N–H and O–H groups in total. The number of nitrogens with zero attached hydrogens (tertiary/aromatic N) is 4. The maximum atomic E-state index is 12.7. The molecule has 0 unspecified atom stereocenters. The highest BCUT2D eigenvalue weighted by Crippen LogP contribution is 2.29. The third kappa shape index (κ3) is 2.78. The van der Waals surface area contributed by atoms with E-state index in [1.165, 1.54) is 11.3 Å². The van der Waals surface area contributed by atoms with E-state index in [0.717, 1.165) is 34.2 Å². The lowest BCUT2D eigenvalue weighted by Gasteiger charge is -2.16. The first kappa shape index (κ1) is 15.5.